The Kier molecular flexibility index (Phi) is 7.22. The molecule has 2 rings (SSSR count). The first-order chi connectivity index (χ1) is 12.1. The first kappa shape index (κ1) is 18.7. The van der Waals surface area contributed by atoms with Gasteiger partial charge in [-0.1, -0.05) is 26.0 Å². The minimum atomic E-state index is -0.320. The van der Waals surface area contributed by atoms with Gasteiger partial charge in [-0.25, -0.2) is 0 Å². The Morgan fingerprint density at radius 3 is 2.60 bits per heavy atom. The number of benzene rings is 1. The van der Waals surface area contributed by atoms with Crippen molar-refractivity contribution in [1.29, 1.82) is 0 Å². The number of rotatable bonds is 9. The molecule has 0 atom stereocenters. The second kappa shape index (κ2) is 9.64. The summed E-state index contributed by atoms with van der Waals surface area (Å²) < 4.78 is 5.00. The second-order valence-electron chi connectivity index (χ2n) is 5.69. The predicted octanol–water partition coefficient (Wildman–Crippen LogP) is 2.88. The molecule has 0 unspecified atom stereocenters. The highest BCUT2D eigenvalue weighted by Crippen LogP contribution is 2.13. The van der Waals surface area contributed by atoms with Crippen molar-refractivity contribution in [2.75, 3.05) is 25.0 Å². The lowest BCUT2D eigenvalue weighted by molar-refractivity contribution is -0.116. The van der Waals surface area contributed by atoms with E-state index in [0.717, 1.165) is 30.9 Å². The fourth-order valence-electron chi connectivity index (χ4n) is 2.46. The highest BCUT2D eigenvalue weighted by Gasteiger charge is 2.09. The number of amides is 2. The van der Waals surface area contributed by atoms with E-state index < -0.39 is 0 Å². The van der Waals surface area contributed by atoms with E-state index >= 15 is 0 Å². The molecule has 1 aromatic heterocycles. The van der Waals surface area contributed by atoms with E-state index in [1.54, 1.807) is 12.1 Å². The number of carbonyl (C=O) groups excluding carboxylic acids is 2. The quantitative estimate of drug-likeness (QED) is 0.734. The van der Waals surface area contributed by atoms with Crippen LogP contribution in [0.4, 0.5) is 5.69 Å². The molecule has 1 aromatic carbocycles. The fraction of sp³-hybridized carbons (Fsp3) is 0.368. The van der Waals surface area contributed by atoms with Crippen molar-refractivity contribution in [3.63, 3.8) is 0 Å². The van der Waals surface area contributed by atoms with Crippen LogP contribution in [0.25, 0.3) is 0 Å². The zero-order valence-electron chi connectivity index (χ0n) is 14.7. The molecule has 0 aliphatic rings. The monoisotopic (exact) mass is 343 g/mol. The molecule has 2 N–H and O–H groups in total. The Morgan fingerprint density at radius 1 is 1.12 bits per heavy atom. The van der Waals surface area contributed by atoms with Gasteiger partial charge in [-0.2, -0.15) is 0 Å². The van der Waals surface area contributed by atoms with Gasteiger partial charge in [0.05, 0.1) is 6.26 Å². The van der Waals surface area contributed by atoms with Crippen LogP contribution in [-0.2, 0) is 11.3 Å². The Balaban J connectivity index is 1.79. The van der Waals surface area contributed by atoms with Crippen molar-refractivity contribution in [1.82, 2.24) is 10.2 Å². The van der Waals surface area contributed by atoms with Crippen LogP contribution in [0, 0.1) is 0 Å². The maximum absolute atomic E-state index is 12.0. The van der Waals surface area contributed by atoms with Gasteiger partial charge in [0.2, 0.25) is 5.91 Å². The van der Waals surface area contributed by atoms with Crippen LogP contribution in [0.3, 0.4) is 0 Å². The summed E-state index contributed by atoms with van der Waals surface area (Å²) in [6, 6.07) is 11.1. The highest BCUT2D eigenvalue weighted by molar-refractivity contribution is 5.93. The van der Waals surface area contributed by atoms with Crippen molar-refractivity contribution < 1.29 is 14.0 Å². The molecular weight excluding hydrogens is 318 g/mol. The van der Waals surface area contributed by atoms with E-state index in [4.69, 9.17) is 4.42 Å². The Labute approximate surface area is 148 Å². The second-order valence-corrected chi connectivity index (χ2v) is 5.69. The lowest BCUT2D eigenvalue weighted by atomic mass is 10.2. The summed E-state index contributed by atoms with van der Waals surface area (Å²) >= 11 is 0. The van der Waals surface area contributed by atoms with Gasteiger partial charge >= 0.3 is 0 Å². The van der Waals surface area contributed by atoms with Crippen LogP contribution >= 0.6 is 0 Å². The summed E-state index contributed by atoms with van der Waals surface area (Å²) in [6.45, 7) is 7.35. The molecule has 6 heteroatoms. The number of nitrogens with one attached hydrogen (secondary N) is 2. The summed E-state index contributed by atoms with van der Waals surface area (Å²) in [6.07, 6.45) is 1.64. The maximum Gasteiger partial charge on any atom is 0.286 e. The Bertz CT molecular complexity index is 679. The molecule has 0 aliphatic heterocycles. The van der Waals surface area contributed by atoms with E-state index in [2.05, 4.69) is 35.4 Å². The smallest absolute Gasteiger partial charge is 0.286 e. The standard InChI is InChI=1S/C19H25N3O3/c1-3-22(4-2)14-15-7-5-8-16(13-15)21-18(23)10-11-20-19(24)17-9-6-12-25-17/h5-9,12-13H,3-4,10-11,14H2,1-2H3,(H,20,24)(H,21,23). The van der Waals surface area contributed by atoms with E-state index in [-0.39, 0.29) is 30.5 Å². The van der Waals surface area contributed by atoms with Gasteiger partial charge in [0.1, 0.15) is 0 Å². The third kappa shape index (κ3) is 6.08. The molecule has 25 heavy (non-hydrogen) atoms. The molecule has 0 radical (unpaired) electrons. The van der Waals surface area contributed by atoms with Crippen LogP contribution in [0.1, 0.15) is 36.4 Å². The molecule has 2 aromatic rings. The van der Waals surface area contributed by atoms with E-state index in [1.165, 1.54) is 6.26 Å². The number of carbonyl (C=O) groups is 2. The Hall–Kier alpha value is -2.60. The molecule has 6 nitrogen and oxygen atoms in total. The van der Waals surface area contributed by atoms with E-state index in [9.17, 15) is 9.59 Å². The molecule has 134 valence electrons. The number of hydrogen-bond acceptors (Lipinski definition) is 4. The van der Waals surface area contributed by atoms with Gasteiger partial charge in [-0.05, 0) is 42.9 Å². The van der Waals surface area contributed by atoms with Crippen molar-refractivity contribution >= 4 is 17.5 Å². The van der Waals surface area contributed by atoms with Crippen LogP contribution < -0.4 is 10.6 Å². The number of nitrogens with zero attached hydrogens (tertiary/aromatic N) is 1. The first-order valence-electron chi connectivity index (χ1n) is 8.55. The number of anilines is 1. The zero-order valence-corrected chi connectivity index (χ0v) is 14.7. The molecule has 0 bridgehead atoms. The number of hydrogen-bond donors (Lipinski definition) is 2. The average molecular weight is 343 g/mol. The SMILES string of the molecule is CCN(CC)Cc1cccc(NC(=O)CCNC(=O)c2ccco2)c1. The van der Waals surface area contributed by atoms with Crippen molar-refractivity contribution in [2.24, 2.45) is 0 Å². The summed E-state index contributed by atoms with van der Waals surface area (Å²) in [4.78, 5) is 26.0. The summed E-state index contributed by atoms with van der Waals surface area (Å²) in [5.41, 5.74) is 1.93. The first-order valence-corrected chi connectivity index (χ1v) is 8.55. The van der Waals surface area contributed by atoms with Gasteiger partial charge in [-0.3, -0.25) is 14.5 Å². The molecule has 0 spiro atoms. The van der Waals surface area contributed by atoms with Crippen LogP contribution in [-0.4, -0.2) is 36.3 Å². The molecule has 1 heterocycles. The molecule has 0 fully saturated rings. The summed E-state index contributed by atoms with van der Waals surface area (Å²) in [5.74, 6) is -0.219. The normalized spacial score (nSPS) is 10.7. The molecule has 0 aliphatic carbocycles. The third-order valence-corrected chi connectivity index (χ3v) is 3.89. The highest BCUT2D eigenvalue weighted by atomic mass is 16.3. The van der Waals surface area contributed by atoms with Crippen LogP contribution in [0.2, 0.25) is 0 Å². The van der Waals surface area contributed by atoms with Gasteiger partial charge in [0, 0.05) is 25.2 Å². The zero-order chi connectivity index (χ0) is 18.1. The summed E-state index contributed by atoms with van der Waals surface area (Å²) in [5, 5.41) is 5.52. The molecular formula is C19H25N3O3. The van der Waals surface area contributed by atoms with Gasteiger partial charge in [0.25, 0.3) is 5.91 Å². The fourth-order valence-corrected chi connectivity index (χ4v) is 2.46. The lowest BCUT2D eigenvalue weighted by Gasteiger charge is -2.18. The van der Waals surface area contributed by atoms with Crippen molar-refractivity contribution in [3.8, 4) is 0 Å². The van der Waals surface area contributed by atoms with Gasteiger partial charge in [0.15, 0.2) is 5.76 Å². The van der Waals surface area contributed by atoms with Crippen molar-refractivity contribution in [3.05, 3.63) is 54.0 Å². The van der Waals surface area contributed by atoms with Gasteiger partial charge < -0.3 is 15.1 Å². The van der Waals surface area contributed by atoms with E-state index in [0.29, 0.717) is 0 Å². The molecule has 2 amide bonds. The molecule has 0 saturated heterocycles. The minimum absolute atomic E-state index is 0.139. The van der Waals surface area contributed by atoms with E-state index in [1.807, 2.05) is 18.2 Å². The largest absolute Gasteiger partial charge is 0.459 e. The maximum atomic E-state index is 12.0. The van der Waals surface area contributed by atoms with Crippen molar-refractivity contribution in [2.45, 2.75) is 26.8 Å². The average Bonchev–Trinajstić information content (AvgIpc) is 3.14. The lowest BCUT2D eigenvalue weighted by Crippen LogP contribution is -2.27. The summed E-state index contributed by atoms with van der Waals surface area (Å²) in [7, 11) is 0. The Morgan fingerprint density at radius 2 is 1.92 bits per heavy atom. The van der Waals surface area contributed by atoms with Crippen LogP contribution in [0.5, 0.6) is 0 Å². The predicted molar refractivity (Wildman–Crippen MR) is 97.4 cm³/mol. The topological polar surface area (TPSA) is 74.6 Å². The van der Waals surface area contributed by atoms with Crippen LogP contribution in [0.15, 0.2) is 47.1 Å². The number of furan rings is 1. The van der Waals surface area contributed by atoms with Gasteiger partial charge in [-0.15, -0.1) is 0 Å². The minimum Gasteiger partial charge on any atom is -0.459 e. The third-order valence-electron chi connectivity index (χ3n) is 3.89. The molecule has 0 saturated carbocycles.